The zero-order chi connectivity index (χ0) is 7.82. The van der Waals surface area contributed by atoms with Crippen molar-refractivity contribution >= 4 is 6.15 Å². The highest BCUT2D eigenvalue weighted by atomic mass is 19.1. The molecule has 0 saturated carbocycles. The topological polar surface area (TPSA) is 47.0 Å². The summed E-state index contributed by atoms with van der Waals surface area (Å²) in [6, 6.07) is 4.57. The van der Waals surface area contributed by atoms with Crippen molar-refractivity contribution in [1.29, 1.82) is 0 Å². The van der Waals surface area contributed by atoms with Crippen LogP contribution in [-0.2, 0) is 9.59 Å². The molecule has 52 valence electrons. The van der Waals surface area contributed by atoms with Gasteiger partial charge in [0, 0.05) is 6.20 Å². The minimum Gasteiger partial charge on any atom is -0.228 e. The Labute approximate surface area is 56.5 Å². The van der Waals surface area contributed by atoms with Gasteiger partial charge in [0.15, 0.2) is 0 Å². The summed E-state index contributed by atoms with van der Waals surface area (Å²) in [5.41, 5.74) is 0. The van der Waals surface area contributed by atoms with Crippen molar-refractivity contribution in [1.82, 2.24) is 4.98 Å². The minimum atomic E-state index is -0.428. The van der Waals surface area contributed by atoms with Gasteiger partial charge >= 0.3 is 6.15 Å². The van der Waals surface area contributed by atoms with Gasteiger partial charge in [0.25, 0.3) is 0 Å². The van der Waals surface area contributed by atoms with Crippen molar-refractivity contribution in [2.24, 2.45) is 0 Å². The predicted octanol–water partition coefficient (Wildman–Crippen LogP) is 0.637. The third-order valence-electron chi connectivity index (χ3n) is 0.629. The molecule has 4 heteroatoms. The second kappa shape index (κ2) is 5.59. The summed E-state index contributed by atoms with van der Waals surface area (Å²) in [5.74, 6) is -0.428. The number of rotatable bonds is 0. The van der Waals surface area contributed by atoms with Crippen molar-refractivity contribution in [2.45, 2.75) is 0 Å². The van der Waals surface area contributed by atoms with Gasteiger partial charge in [-0.1, -0.05) is 6.07 Å². The summed E-state index contributed by atoms with van der Waals surface area (Å²) in [4.78, 5) is 19.6. The number of nitrogens with zero attached hydrogens (tertiary/aromatic N) is 1. The molecule has 0 amide bonds. The first-order chi connectivity index (χ1) is 4.81. The van der Waals surface area contributed by atoms with E-state index in [0.29, 0.717) is 0 Å². The van der Waals surface area contributed by atoms with Crippen LogP contribution >= 0.6 is 0 Å². The molecule has 1 aromatic heterocycles. The van der Waals surface area contributed by atoms with E-state index in [9.17, 15) is 4.39 Å². The van der Waals surface area contributed by atoms with Crippen molar-refractivity contribution in [3.05, 3.63) is 30.3 Å². The number of hydrogen-bond acceptors (Lipinski definition) is 3. The van der Waals surface area contributed by atoms with Crippen molar-refractivity contribution in [2.75, 3.05) is 0 Å². The van der Waals surface area contributed by atoms with Crippen molar-refractivity contribution in [3.63, 3.8) is 0 Å². The van der Waals surface area contributed by atoms with Gasteiger partial charge in [-0.25, -0.2) is 4.98 Å². The van der Waals surface area contributed by atoms with Crippen molar-refractivity contribution in [3.8, 4) is 0 Å². The summed E-state index contributed by atoms with van der Waals surface area (Å²) >= 11 is 0. The summed E-state index contributed by atoms with van der Waals surface area (Å²) < 4.78 is 11.8. The predicted molar refractivity (Wildman–Crippen MR) is 29.2 cm³/mol. The number of hydrogen-bond donors (Lipinski definition) is 0. The highest BCUT2D eigenvalue weighted by Crippen LogP contribution is 1.85. The van der Waals surface area contributed by atoms with Gasteiger partial charge in [0.05, 0.1) is 0 Å². The van der Waals surface area contributed by atoms with Crippen LogP contribution in [0.4, 0.5) is 4.39 Å². The first-order valence-electron chi connectivity index (χ1n) is 2.37. The lowest BCUT2D eigenvalue weighted by molar-refractivity contribution is -0.191. The lowest BCUT2D eigenvalue weighted by atomic mass is 10.5. The monoisotopic (exact) mass is 141 g/mol. The third-order valence-corrected chi connectivity index (χ3v) is 0.629. The Morgan fingerprint density at radius 3 is 2.20 bits per heavy atom. The van der Waals surface area contributed by atoms with E-state index in [1.165, 1.54) is 12.3 Å². The fourth-order valence-electron chi connectivity index (χ4n) is 0.342. The maximum atomic E-state index is 11.8. The molecule has 0 fully saturated rings. The molecule has 0 bridgehead atoms. The largest absolute Gasteiger partial charge is 0.373 e. The van der Waals surface area contributed by atoms with E-state index in [-0.39, 0.29) is 6.15 Å². The average Bonchev–Trinajstić information content (AvgIpc) is 1.91. The smallest absolute Gasteiger partial charge is 0.228 e. The van der Waals surface area contributed by atoms with E-state index in [1.807, 2.05) is 0 Å². The SMILES string of the molecule is Fc1ccccn1.O=C=O. The molecule has 0 radical (unpaired) electrons. The molecule has 1 heterocycles. The number of aromatic nitrogens is 1. The molecule has 0 unspecified atom stereocenters. The fourth-order valence-corrected chi connectivity index (χ4v) is 0.342. The quantitative estimate of drug-likeness (QED) is 0.498. The van der Waals surface area contributed by atoms with Crippen LogP contribution in [0.5, 0.6) is 0 Å². The van der Waals surface area contributed by atoms with Crippen LogP contribution < -0.4 is 0 Å². The highest BCUT2D eigenvalue weighted by Gasteiger charge is 1.78. The Hall–Kier alpha value is -1.54. The molecular weight excluding hydrogens is 137 g/mol. The number of pyridine rings is 1. The van der Waals surface area contributed by atoms with Gasteiger partial charge in [-0.05, 0) is 12.1 Å². The maximum Gasteiger partial charge on any atom is 0.373 e. The molecule has 0 N–H and O–H groups in total. The molecule has 0 saturated heterocycles. The Kier molecular flexibility index (Phi) is 4.73. The molecule has 1 aromatic rings. The molecule has 0 atom stereocenters. The summed E-state index contributed by atoms with van der Waals surface area (Å²) in [6.07, 6.45) is 1.66. The second-order valence-electron chi connectivity index (χ2n) is 1.24. The molecular formula is C6H4FNO2. The molecule has 1 rings (SSSR count). The van der Waals surface area contributed by atoms with Crippen molar-refractivity contribution < 1.29 is 14.0 Å². The van der Waals surface area contributed by atoms with Crippen LogP contribution in [0, 0.1) is 5.95 Å². The van der Waals surface area contributed by atoms with Gasteiger partial charge in [-0.15, -0.1) is 0 Å². The summed E-state index contributed by atoms with van der Waals surface area (Å²) in [6.45, 7) is 0. The summed E-state index contributed by atoms with van der Waals surface area (Å²) in [7, 11) is 0. The first-order valence-corrected chi connectivity index (χ1v) is 2.37. The number of carbonyl (C=O) groups excluding carboxylic acids is 2. The van der Waals surface area contributed by atoms with Crippen LogP contribution in [0.2, 0.25) is 0 Å². The zero-order valence-electron chi connectivity index (χ0n) is 4.95. The molecule has 0 aliphatic heterocycles. The Morgan fingerprint density at radius 1 is 1.40 bits per heavy atom. The van der Waals surface area contributed by atoms with Crippen LogP contribution in [0.3, 0.4) is 0 Å². The normalized spacial score (nSPS) is 6.90. The molecule has 0 aliphatic carbocycles. The first kappa shape index (κ1) is 8.46. The summed E-state index contributed by atoms with van der Waals surface area (Å²) in [5, 5.41) is 0. The average molecular weight is 141 g/mol. The Bertz CT molecular complexity index is 206. The van der Waals surface area contributed by atoms with Gasteiger partial charge in [0.2, 0.25) is 5.95 Å². The fraction of sp³-hybridized carbons (Fsp3) is 0. The van der Waals surface area contributed by atoms with E-state index in [2.05, 4.69) is 4.98 Å². The van der Waals surface area contributed by atoms with Gasteiger partial charge in [-0.2, -0.15) is 14.0 Å². The van der Waals surface area contributed by atoms with E-state index in [0.717, 1.165) is 0 Å². The van der Waals surface area contributed by atoms with E-state index >= 15 is 0 Å². The van der Waals surface area contributed by atoms with Crippen LogP contribution in [0.25, 0.3) is 0 Å². The lowest BCUT2D eigenvalue weighted by Crippen LogP contribution is -1.73. The standard InChI is InChI=1S/C5H4FN.CO2/c6-5-3-1-2-4-7-5;2-1-3/h1-4H;. The Balaban J connectivity index is 0.000000236. The molecule has 3 nitrogen and oxygen atoms in total. The molecule has 0 spiro atoms. The van der Waals surface area contributed by atoms with E-state index < -0.39 is 5.95 Å². The minimum absolute atomic E-state index is 0.250. The maximum absolute atomic E-state index is 11.8. The second-order valence-corrected chi connectivity index (χ2v) is 1.24. The molecule has 0 aliphatic rings. The molecule has 10 heavy (non-hydrogen) atoms. The van der Waals surface area contributed by atoms with Gasteiger partial charge in [-0.3, -0.25) is 0 Å². The van der Waals surface area contributed by atoms with E-state index in [4.69, 9.17) is 9.59 Å². The third kappa shape index (κ3) is 4.61. The van der Waals surface area contributed by atoms with Crippen LogP contribution in [-0.4, -0.2) is 11.1 Å². The van der Waals surface area contributed by atoms with Gasteiger partial charge < -0.3 is 0 Å². The van der Waals surface area contributed by atoms with Gasteiger partial charge in [0.1, 0.15) is 0 Å². The van der Waals surface area contributed by atoms with Crippen LogP contribution in [0.15, 0.2) is 24.4 Å². The number of halogens is 1. The zero-order valence-corrected chi connectivity index (χ0v) is 4.95. The lowest BCUT2D eigenvalue weighted by Gasteiger charge is -1.78. The van der Waals surface area contributed by atoms with Crippen LogP contribution in [0.1, 0.15) is 0 Å². The Morgan fingerprint density at radius 2 is 2.00 bits per heavy atom. The molecule has 0 aromatic carbocycles. The van der Waals surface area contributed by atoms with E-state index in [1.54, 1.807) is 12.1 Å². The highest BCUT2D eigenvalue weighted by molar-refractivity contribution is 5.20.